The molecule has 0 saturated heterocycles. The van der Waals surface area contributed by atoms with Crippen molar-refractivity contribution in [1.29, 1.82) is 0 Å². The first-order chi connectivity index (χ1) is 13.7. The molecule has 0 N–H and O–H groups in total. The largest absolute Gasteiger partial charge is 0.469 e. The first kappa shape index (κ1) is 18.0. The van der Waals surface area contributed by atoms with Crippen LogP contribution >= 0.6 is 0 Å². The van der Waals surface area contributed by atoms with Crippen LogP contribution in [0.3, 0.4) is 0 Å². The molecule has 0 bridgehead atoms. The van der Waals surface area contributed by atoms with Crippen molar-refractivity contribution in [3.63, 3.8) is 0 Å². The molecule has 0 fully saturated rings. The molecular weight excluding hydrogens is 344 g/mol. The van der Waals surface area contributed by atoms with Crippen molar-refractivity contribution in [2.24, 2.45) is 0 Å². The first-order valence-corrected chi connectivity index (χ1v) is 9.68. The predicted octanol–water partition coefficient (Wildman–Crippen LogP) is 4.21. The standard InChI is InChI=1S/C24H24N4/c1-3-19(2)20-14-16-21(17-15-20)24-25-27(22-10-6-4-7-11-22)18-28(26-24)23-12-8-5-9-13-23/h4-19H,3H2,1-2H3/q+2. The van der Waals surface area contributed by atoms with Crippen LogP contribution in [0.25, 0.3) is 22.8 Å². The quantitative estimate of drug-likeness (QED) is 0.495. The molecule has 1 unspecified atom stereocenters. The van der Waals surface area contributed by atoms with E-state index in [4.69, 9.17) is 10.2 Å². The normalized spacial score (nSPS) is 11.9. The van der Waals surface area contributed by atoms with E-state index >= 15 is 0 Å². The number of para-hydroxylation sites is 2. The Morgan fingerprint density at radius 1 is 0.714 bits per heavy atom. The van der Waals surface area contributed by atoms with Crippen LogP contribution in [0.4, 0.5) is 0 Å². The summed E-state index contributed by atoms with van der Waals surface area (Å²) in [5.41, 5.74) is 4.33. The average Bonchev–Trinajstić information content (AvgIpc) is 2.79. The van der Waals surface area contributed by atoms with Crippen molar-refractivity contribution in [2.45, 2.75) is 26.2 Å². The Kier molecular flexibility index (Phi) is 5.20. The van der Waals surface area contributed by atoms with Crippen molar-refractivity contribution in [1.82, 2.24) is 10.2 Å². The molecule has 1 aromatic heterocycles. The Labute approximate surface area is 165 Å². The fourth-order valence-electron chi connectivity index (χ4n) is 3.10. The highest BCUT2D eigenvalue weighted by Gasteiger charge is 2.23. The second-order valence-corrected chi connectivity index (χ2v) is 6.93. The van der Waals surface area contributed by atoms with E-state index < -0.39 is 0 Å². The van der Waals surface area contributed by atoms with Crippen LogP contribution in [0.1, 0.15) is 31.7 Å². The van der Waals surface area contributed by atoms with Crippen LogP contribution in [0.2, 0.25) is 0 Å². The van der Waals surface area contributed by atoms with E-state index in [1.54, 1.807) is 0 Å². The second-order valence-electron chi connectivity index (χ2n) is 6.93. The number of hydrogen-bond donors (Lipinski definition) is 0. The molecule has 0 saturated carbocycles. The maximum absolute atomic E-state index is 4.78. The smallest absolute Gasteiger partial charge is 0.0648 e. The zero-order valence-corrected chi connectivity index (χ0v) is 16.2. The molecule has 1 heterocycles. The number of aromatic nitrogens is 4. The van der Waals surface area contributed by atoms with Gasteiger partial charge in [-0.3, -0.25) is 0 Å². The fourth-order valence-corrected chi connectivity index (χ4v) is 3.10. The summed E-state index contributed by atoms with van der Waals surface area (Å²) >= 11 is 0. The molecule has 0 aliphatic heterocycles. The van der Waals surface area contributed by atoms with Gasteiger partial charge in [0.05, 0.1) is 0 Å². The Balaban J connectivity index is 1.82. The average molecular weight is 368 g/mol. The van der Waals surface area contributed by atoms with Gasteiger partial charge in [0.2, 0.25) is 11.4 Å². The minimum atomic E-state index is 0.550. The molecule has 4 rings (SSSR count). The minimum Gasteiger partial charge on any atom is -0.0648 e. The van der Waals surface area contributed by atoms with Gasteiger partial charge in [-0.1, -0.05) is 74.5 Å². The van der Waals surface area contributed by atoms with Gasteiger partial charge in [-0.25, -0.2) is 0 Å². The minimum absolute atomic E-state index is 0.550. The summed E-state index contributed by atoms with van der Waals surface area (Å²) in [6.07, 6.45) is 3.03. The highest BCUT2D eigenvalue weighted by atomic mass is 15.4. The molecule has 4 heteroatoms. The van der Waals surface area contributed by atoms with Crippen LogP contribution in [0, 0.1) is 0 Å². The van der Waals surface area contributed by atoms with E-state index in [9.17, 15) is 0 Å². The van der Waals surface area contributed by atoms with Crippen LogP contribution < -0.4 is 9.36 Å². The van der Waals surface area contributed by atoms with Crippen LogP contribution in [-0.4, -0.2) is 10.2 Å². The Bertz CT molecular complexity index is 987. The Morgan fingerprint density at radius 3 is 1.68 bits per heavy atom. The number of benzene rings is 3. The lowest BCUT2D eigenvalue weighted by Gasteiger charge is -2.08. The molecule has 0 spiro atoms. The topological polar surface area (TPSA) is 33.5 Å². The van der Waals surface area contributed by atoms with E-state index in [0.29, 0.717) is 11.7 Å². The lowest BCUT2D eigenvalue weighted by molar-refractivity contribution is -0.796. The third-order valence-electron chi connectivity index (χ3n) is 5.02. The van der Waals surface area contributed by atoms with Gasteiger partial charge >= 0.3 is 6.33 Å². The zero-order valence-electron chi connectivity index (χ0n) is 16.2. The summed E-state index contributed by atoms with van der Waals surface area (Å²) in [6.45, 7) is 4.46. The molecule has 4 nitrogen and oxygen atoms in total. The Hall–Kier alpha value is -3.40. The van der Waals surface area contributed by atoms with E-state index in [2.05, 4.69) is 38.1 Å². The molecule has 0 amide bonds. The summed E-state index contributed by atoms with van der Waals surface area (Å²) < 4.78 is 3.75. The first-order valence-electron chi connectivity index (χ1n) is 9.68. The predicted molar refractivity (Wildman–Crippen MR) is 109 cm³/mol. The van der Waals surface area contributed by atoms with E-state index in [1.807, 2.05) is 76.4 Å². The zero-order chi connectivity index (χ0) is 19.3. The van der Waals surface area contributed by atoms with E-state index in [1.165, 1.54) is 5.56 Å². The van der Waals surface area contributed by atoms with E-state index in [-0.39, 0.29) is 0 Å². The van der Waals surface area contributed by atoms with Crippen molar-refractivity contribution in [3.05, 3.63) is 96.8 Å². The van der Waals surface area contributed by atoms with E-state index in [0.717, 1.165) is 23.4 Å². The maximum atomic E-state index is 4.78. The second kappa shape index (κ2) is 8.09. The molecule has 3 aromatic carbocycles. The van der Waals surface area contributed by atoms with Crippen molar-refractivity contribution in [3.8, 4) is 22.8 Å². The number of rotatable bonds is 5. The lowest BCUT2D eigenvalue weighted by Crippen LogP contribution is -2.49. The summed E-state index contributed by atoms with van der Waals surface area (Å²) in [5.74, 6) is 1.24. The molecule has 0 aliphatic rings. The maximum Gasteiger partial charge on any atom is 0.469 e. The van der Waals surface area contributed by atoms with Crippen molar-refractivity contribution in [2.75, 3.05) is 0 Å². The molecule has 138 valence electrons. The molecule has 0 aliphatic carbocycles. The molecule has 4 aromatic rings. The number of hydrogen-bond acceptors (Lipinski definition) is 2. The van der Waals surface area contributed by atoms with Crippen LogP contribution in [0.5, 0.6) is 0 Å². The van der Waals surface area contributed by atoms with Gasteiger partial charge < -0.3 is 0 Å². The highest BCUT2D eigenvalue weighted by Crippen LogP contribution is 2.21. The molecule has 28 heavy (non-hydrogen) atoms. The summed E-state index contributed by atoms with van der Waals surface area (Å²) in [7, 11) is 0. The fraction of sp³-hybridized carbons (Fsp3) is 0.167. The van der Waals surface area contributed by atoms with Gasteiger partial charge in [-0.05, 0) is 17.9 Å². The lowest BCUT2D eigenvalue weighted by atomic mass is 9.97. The van der Waals surface area contributed by atoms with Gasteiger partial charge in [0.1, 0.15) is 0 Å². The van der Waals surface area contributed by atoms with Crippen molar-refractivity contribution < 1.29 is 9.36 Å². The van der Waals surface area contributed by atoms with Gasteiger partial charge in [0.15, 0.2) is 0 Å². The molecular formula is C24H24N4+2. The molecule has 1 atom stereocenters. The van der Waals surface area contributed by atoms with Gasteiger partial charge in [-0.2, -0.15) is 0 Å². The Morgan fingerprint density at radius 2 is 1.21 bits per heavy atom. The van der Waals surface area contributed by atoms with Gasteiger partial charge in [-0.15, -0.1) is 0 Å². The van der Waals surface area contributed by atoms with Crippen LogP contribution in [0.15, 0.2) is 91.3 Å². The third-order valence-corrected chi connectivity index (χ3v) is 5.02. The summed E-state index contributed by atoms with van der Waals surface area (Å²) in [4.78, 5) is 0. The number of nitrogens with zero attached hydrogens (tertiary/aromatic N) is 4. The summed E-state index contributed by atoms with van der Waals surface area (Å²) in [5, 5.41) is 9.56. The third kappa shape index (κ3) is 3.81. The van der Waals surface area contributed by atoms with Gasteiger partial charge in [0, 0.05) is 49.4 Å². The summed E-state index contributed by atoms with van der Waals surface area (Å²) in [6, 6.07) is 28.8. The monoisotopic (exact) mass is 368 g/mol. The SMILES string of the molecule is CCC(C)c1ccc(-c2n[n+](-c3ccccc3)c[n+](-c3ccccc3)n2)cc1. The highest BCUT2D eigenvalue weighted by molar-refractivity contribution is 5.54. The van der Waals surface area contributed by atoms with Gasteiger partial charge in [0.25, 0.3) is 5.82 Å². The van der Waals surface area contributed by atoms with Crippen molar-refractivity contribution >= 4 is 0 Å². The van der Waals surface area contributed by atoms with Crippen LogP contribution in [-0.2, 0) is 0 Å². The molecule has 0 radical (unpaired) electrons.